The van der Waals surface area contributed by atoms with Gasteiger partial charge in [-0.1, -0.05) is 0 Å². The molecule has 0 aliphatic carbocycles. The van der Waals surface area contributed by atoms with Crippen LogP contribution in [0.4, 0.5) is 0 Å². The van der Waals surface area contributed by atoms with Crippen molar-refractivity contribution in [3.8, 4) is 0 Å². The van der Waals surface area contributed by atoms with Crippen LogP contribution in [0.3, 0.4) is 0 Å². The predicted molar refractivity (Wildman–Crippen MR) is 58.3 cm³/mol. The third-order valence-electron chi connectivity index (χ3n) is 2.87. The molecule has 10 N–H and O–H groups in total. The van der Waals surface area contributed by atoms with Gasteiger partial charge in [-0.05, 0) is 0 Å². The highest BCUT2D eigenvalue weighted by Gasteiger charge is 2.00. The number of nitrogens with two attached hydrogens (primary N) is 5. The van der Waals surface area contributed by atoms with Crippen molar-refractivity contribution in [1.82, 2.24) is 0 Å². The lowest BCUT2D eigenvalue weighted by molar-refractivity contribution is -0.761. The largest absolute Gasteiger partial charge is 0.337 e. The summed E-state index contributed by atoms with van der Waals surface area (Å²) in [6, 6.07) is 0. The first-order valence-corrected chi connectivity index (χ1v) is 6.58. The SMILES string of the molecule is C1C[NH2+]CC[NH2+]CC[NH2+]CC[NH2+]CC[NH2+]1. The second-order valence-electron chi connectivity index (χ2n) is 4.33. The molecule has 0 unspecified atom stereocenters. The van der Waals surface area contributed by atoms with Crippen LogP contribution in [0.5, 0.6) is 0 Å². The van der Waals surface area contributed by atoms with Crippen LogP contribution in [0.2, 0.25) is 0 Å². The minimum Gasteiger partial charge on any atom is -0.337 e. The van der Waals surface area contributed by atoms with E-state index in [0.29, 0.717) is 0 Å². The molecule has 0 saturated carbocycles. The van der Waals surface area contributed by atoms with Gasteiger partial charge in [-0.3, -0.25) is 0 Å². The fraction of sp³-hybridized carbons (Fsp3) is 1.00. The lowest BCUT2D eigenvalue weighted by Gasteiger charge is -2.00. The first kappa shape index (κ1) is 12.9. The zero-order chi connectivity index (χ0) is 10.6. The summed E-state index contributed by atoms with van der Waals surface area (Å²) in [5, 5.41) is 12.2. The topological polar surface area (TPSA) is 83.0 Å². The van der Waals surface area contributed by atoms with Crippen LogP contribution < -0.4 is 26.6 Å². The van der Waals surface area contributed by atoms with Crippen molar-refractivity contribution >= 4 is 0 Å². The monoisotopic (exact) mass is 220 g/mol. The molecule has 0 bridgehead atoms. The maximum absolute atomic E-state index is 2.44. The molecule has 0 amide bonds. The first-order chi connectivity index (χ1) is 7.50. The zero-order valence-electron chi connectivity index (χ0n) is 9.96. The summed E-state index contributed by atoms with van der Waals surface area (Å²) in [7, 11) is 0. The van der Waals surface area contributed by atoms with Gasteiger partial charge in [0.15, 0.2) is 0 Å². The van der Waals surface area contributed by atoms with Gasteiger partial charge in [-0.15, -0.1) is 0 Å². The lowest BCUT2D eigenvalue weighted by atomic mass is 10.5. The van der Waals surface area contributed by atoms with Crippen LogP contribution in [0.15, 0.2) is 0 Å². The van der Waals surface area contributed by atoms with Crippen LogP contribution in [0, 0.1) is 0 Å². The quantitative estimate of drug-likeness (QED) is 0.269. The Kier molecular flexibility index (Phi) is 8.85. The average Bonchev–Trinajstić information content (AvgIpc) is 2.27. The van der Waals surface area contributed by atoms with E-state index in [-0.39, 0.29) is 0 Å². The van der Waals surface area contributed by atoms with E-state index >= 15 is 0 Å². The van der Waals surface area contributed by atoms with Gasteiger partial charge >= 0.3 is 0 Å². The molecule has 0 atom stereocenters. The fourth-order valence-electron chi connectivity index (χ4n) is 1.90. The van der Waals surface area contributed by atoms with Crippen LogP contribution in [-0.4, -0.2) is 65.4 Å². The summed E-state index contributed by atoms with van der Waals surface area (Å²) in [5.74, 6) is 0. The van der Waals surface area contributed by atoms with Crippen molar-refractivity contribution in [3.63, 3.8) is 0 Å². The Morgan fingerprint density at radius 3 is 0.533 bits per heavy atom. The molecular weight excluding hydrogens is 190 g/mol. The lowest BCUT2D eigenvalue weighted by Crippen LogP contribution is -3.00. The molecule has 5 heteroatoms. The maximum Gasteiger partial charge on any atom is 0.125 e. The van der Waals surface area contributed by atoms with Gasteiger partial charge in [-0.25, -0.2) is 0 Å². The van der Waals surface area contributed by atoms with Gasteiger partial charge in [0.2, 0.25) is 0 Å². The van der Waals surface area contributed by atoms with Gasteiger partial charge in [0.05, 0.1) is 0 Å². The van der Waals surface area contributed by atoms with Crippen molar-refractivity contribution in [2.45, 2.75) is 0 Å². The molecule has 90 valence electrons. The molecule has 0 spiro atoms. The van der Waals surface area contributed by atoms with E-state index in [2.05, 4.69) is 26.6 Å². The molecule has 0 radical (unpaired) electrons. The Morgan fingerprint density at radius 2 is 0.400 bits per heavy atom. The van der Waals surface area contributed by atoms with Gasteiger partial charge in [0, 0.05) is 0 Å². The number of quaternary nitrogens is 5. The maximum atomic E-state index is 2.44. The fourth-order valence-corrected chi connectivity index (χ4v) is 1.90. The number of hydrogen-bond donors (Lipinski definition) is 5. The third-order valence-corrected chi connectivity index (χ3v) is 2.87. The van der Waals surface area contributed by atoms with Crippen LogP contribution in [0.25, 0.3) is 0 Å². The van der Waals surface area contributed by atoms with Crippen molar-refractivity contribution in [3.05, 3.63) is 0 Å². The van der Waals surface area contributed by atoms with Crippen LogP contribution >= 0.6 is 0 Å². The summed E-state index contributed by atoms with van der Waals surface area (Å²) in [5.41, 5.74) is 0. The summed E-state index contributed by atoms with van der Waals surface area (Å²) in [6.45, 7) is 12.8. The van der Waals surface area contributed by atoms with E-state index in [1.165, 1.54) is 65.4 Å². The van der Waals surface area contributed by atoms with Gasteiger partial charge in [-0.2, -0.15) is 0 Å². The standard InChI is InChI=1S/C10H25N5/c1-2-12-5-6-14-9-10-15-8-7-13-4-3-11-1/h11-15H,1-10H2/p+5. The summed E-state index contributed by atoms with van der Waals surface area (Å²) in [6.07, 6.45) is 0. The van der Waals surface area contributed by atoms with E-state index in [9.17, 15) is 0 Å². The predicted octanol–water partition coefficient (Wildman–Crippen LogP) is -7.18. The molecule has 1 fully saturated rings. The van der Waals surface area contributed by atoms with E-state index in [1.54, 1.807) is 0 Å². The Hall–Kier alpha value is -0.200. The molecule has 0 aromatic rings. The van der Waals surface area contributed by atoms with E-state index in [1.807, 2.05) is 0 Å². The van der Waals surface area contributed by atoms with E-state index in [0.717, 1.165) is 0 Å². The number of rotatable bonds is 0. The van der Waals surface area contributed by atoms with Gasteiger partial charge in [0.25, 0.3) is 0 Å². The smallest absolute Gasteiger partial charge is 0.125 e. The minimum atomic E-state index is 1.28. The summed E-state index contributed by atoms with van der Waals surface area (Å²) >= 11 is 0. The first-order valence-electron chi connectivity index (χ1n) is 6.58. The highest BCUT2D eigenvalue weighted by Crippen LogP contribution is 1.41. The summed E-state index contributed by atoms with van der Waals surface area (Å²) < 4.78 is 0. The molecule has 5 nitrogen and oxygen atoms in total. The second kappa shape index (κ2) is 10.3. The normalized spacial score (nSPS) is 24.0. The van der Waals surface area contributed by atoms with Crippen molar-refractivity contribution in [2.24, 2.45) is 0 Å². The van der Waals surface area contributed by atoms with E-state index in [4.69, 9.17) is 0 Å². The van der Waals surface area contributed by atoms with Crippen molar-refractivity contribution in [2.75, 3.05) is 65.4 Å². The molecule has 0 aromatic heterocycles. The molecule has 1 heterocycles. The van der Waals surface area contributed by atoms with Crippen molar-refractivity contribution in [1.29, 1.82) is 0 Å². The van der Waals surface area contributed by atoms with Crippen LogP contribution in [-0.2, 0) is 0 Å². The molecule has 15 heavy (non-hydrogen) atoms. The number of hydrogen-bond acceptors (Lipinski definition) is 0. The third kappa shape index (κ3) is 8.77. The second-order valence-corrected chi connectivity index (χ2v) is 4.33. The minimum absolute atomic E-state index is 1.28. The Balaban J connectivity index is 2.01. The molecule has 1 aliphatic rings. The molecule has 1 aliphatic heterocycles. The van der Waals surface area contributed by atoms with E-state index < -0.39 is 0 Å². The highest BCUT2D eigenvalue weighted by molar-refractivity contribution is 4.24. The van der Waals surface area contributed by atoms with Crippen molar-refractivity contribution < 1.29 is 26.6 Å². The molecule has 1 saturated heterocycles. The molecular formula is C10H30N5+5. The highest BCUT2D eigenvalue weighted by atomic mass is 15.0. The molecule has 0 aromatic carbocycles. The Morgan fingerprint density at radius 1 is 0.267 bits per heavy atom. The zero-order valence-corrected chi connectivity index (χ0v) is 9.96. The Labute approximate surface area is 92.8 Å². The molecule has 1 rings (SSSR count). The average molecular weight is 220 g/mol. The van der Waals surface area contributed by atoms with Gasteiger partial charge in [0.1, 0.15) is 65.4 Å². The Bertz CT molecular complexity index is 72.4. The van der Waals surface area contributed by atoms with Gasteiger partial charge < -0.3 is 26.6 Å². The summed E-state index contributed by atoms with van der Waals surface area (Å²) in [4.78, 5) is 0. The van der Waals surface area contributed by atoms with Crippen LogP contribution in [0.1, 0.15) is 0 Å².